The van der Waals surface area contributed by atoms with E-state index in [2.05, 4.69) is 15.6 Å². The molecule has 1 aliphatic carbocycles. The zero-order valence-electron chi connectivity index (χ0n) is 16.6. The fourth-order valence-corrected chi connectivity index (χ4v) is 4.16. The van der Waals surface area contributed by atoms with Crippen molar-refractivity contribution in [2.45, 2.75) is 56.2 Å². The predicted octanol–water partition coefficient (Wildman–Crippen LogP) is 3.18. The lowest BCUT2D eigenvalue weighted by Gasteiger charge is -2.14. The Hall–Kier alpha value is -2.53. The Morgan fingerprint density at radius 3 is 2.45 bits per heavy atom. The van der Waals surface area contributed by atoms with Crippen LogP contribution in [-0.4, -0.2) is 38.3 Å². The number of rotatable bonds is 8. The number of carbonyl (C=O) groups excluding carboxylic acids is 2. The zero-order chi connectivity index (χ0) is 22.4. The van der Waals surface area contributed by atoms with Crippen molar-refractivity contribution < 1.29 is 27.9 Å². The molecular weight excluding hydrogens is 433 g/mol. The van der Waals surface area contributed by atoms with Crippen molar-refractivity contribution >= 4 is 29.3 Å². The van der Waals surface area contributed by atoms with Crippen molar-refractivity contribution in [2.24, 2.45) is 0 Å². The van der Waals surface area contributed by atoms with Gasteiger partial charge >= 0.3 is 6.18 Å². The number of halogens is 3. The maximum atomic E-state index is 12.6. The van der Waals surface area contributed by atoms with E-state index in [0.29, 0.717) is 10.9 Å². The quantitative estimate of drug-likeness (QED) is 0.531. The molecule has 1 aromatic heterocycles. The summed E-state index contributed by atoms with van der Waals surface area (Å²) >= 11 is 1.07. The normalized spacial score (nSPS) is 14.6. The lowest BCUT2D eigenvalue weighted by atomic mass is 10.2. The Kier molecular flexibility index (Phi) is 7.60. The Labute approximate surface area is 181 Å². The van der Waals surface area contributed by atoms with Gasteiger partial charge in [0.25, 0.3) is 0 Å². The lowest BCUT2D eigenvalue weighted by molar-refractivity contribution is -0.137. The molecular formula is C20H23F3N4O3S. The SMILES string of the molecule is O=C(CSc1ncc(CO)n1CC(=O)NC1CCCC1)Nc1ccc(C(F)(F)F)cc1. The van der Waals surface area contributed by atoms with Gasteiger partial charge in [-0.15, -0.1) is 0 Å². The van der Waals surface area contributed by atoms with Gasteiger partial charge in [-0.2, -0.15) is 13.2 Å². The van der Waals surface area contributed by atoms with Crippen molar-refractivity contribution in [2.75, 3.05) is 11.1 Å². The molecule has 0 spiro atoms. The third kappa shape index (κ3) is 6.47. The Morgan fingerprint density at radius 2 is 1.84 bits per heavy atom. The summed E-state index contributed by atoms with van der Waals surface area (Å²) in [5.74, 6) is -0.677. The summed E-state index contributed by atoms with van der Waals surface area (Å²) in [6, 6.07) is 4.32. The van der Waals surface area contributed by atoms with E-state index in [1.807, 2.05) is 0 Å². The van der Waals surface area contributed by atoms with Crippen molar-refractivity contribution in [3.63, 3.8) is 0 Å². The number of aliphatic hydroxyl groups excluding tert-OH is 1. The highest BCUT2D eigenvalue weighted by Gasteiger charge is 2.30. The summed E-state index contributed by atoms with van der Waals surface area (Å²) in [6.07, 6.45) is 1.09. The van der Waals surface area contributed by atoms with Crippen molar-refractivity contribution in [1.29, 1.82) is 0 Å². The van der Waals surface area contributed by atoms with Crippen LogP contribution in [0.4, 0.5) is 18.9 Å². The first-order chi connectivity index (χ1) is 14.8. The third-order valence-corrected chi connectivity index (χ3v) is 5.90. The minimum Gasteiger partial charge on any atom is -0.390 e. The Balaban J connectivity index is 1.56. The van der Waals surface area contributed by atoms with Gasteiger partial charge in [0, 0.05) is 11.7 Å². The highest BCUT2D eigenvalue weighted by atomic mass is 32.2. The molecule has 1 saturated carbocycles. The van der Waals surface area contributed by atoms with Crippen LogP contribution in [0.15, 0.2) is 35.6 Å². The van der Waals surface area contributed by atoms with Gasteiger partial charge in [-0.25, -0.2) is 4.98 Å². The Bertz CT molecular complexity index is 909. The summed E-state index contributed by atoms with van der Waals surface area (Å²) in [5, 5.41) is 15.4. The summed E-state index contributed by atoms with van der Waals surface area (Å²) in [5.41, 5.74) is -0.101. The minimum absolute atomic E-state index is 0.0186. The average Bonchev–Trinajstić information content (AvgIpc) is 3.36. The third-order valence-electron chi connectivity index (χ3n) is 4.91. The number of aromatic nitrogens is 2. The van der Waals surface area contributed by atoms with E-state index in [-0.39, 0.29) is 36.5 Å². The van der Waals surface area contributed by atoms with Gasteiger partial charge in [0.05, 0.1) is 29.8 Å². The second-order valence-corrected chi connectivity index (χ2v) is 8.18. The molecule has 168 valence electrons. The molecule has 0 bridgehead atoms. The second kappa shape index (κ2) is 10.2. The lowest BCUT2D eigenvalue weighted by Crippen LogP contribution is -2.35. The van der Waals surface area contributed by atoms with Gasteiger partial charge in [0.1, 0.15) is 6.54 Å². The highest BCUT2D eigenvalue weighted by Crippen LogP contribution is 2.30. The topological polar surface area (TPSA) is 96.2 Å². The molecule has 31 heavy (non-hydrogen) atoms. The minimum atomic E-state index is -4.44. The molecule has 3 rings (SSSR count). The number of nitrogens with one attached hydrogen (secondary N) is 2. The van der Waals surface area contributed by atoms with Gasteiger partial charge in [-0.3, -0.25) is 9.59 Å². The van der Waals surface area contributed by atoms with Crippen LogP contribution < -0.4 is 10.6 Å². The van der Waals surface area contributed by atoms with Crippen LogP contribution in [0.2, 0.25) is 0 Å². The fraction of sp³-hybridized carbons (Fsp3) is 0.450. The first-order valence-corrected chi connectivity index (χ1v) is 10.8. The molecule has 0 unspecified atom stereocenters. The van der Waals surface area contributed by atoms with E-state index >= 15 is 0 Å². The molecule has 7 nitrogen and oxygen atoms in total. The van der Waals surface area contributed by atoms with E-state index in [1.54, 1.807) is 4.57 Å². The summed E-state index contributed by atoms with van der Waals surface area (Å²) in [6.45, 7) is -0.322. The van der Waals surface area contributed by atoms with Gasteiger partial charge in [-0.05, 0) is 37.1 Å². The number of aliphatic hydroxyl groups is 1. The number of carbonyl (C=O) groups is 2. The molecule has 3 N–H and O–H groups in total. The van der Waals surface area contributed by atoms with Crippen LogP contribution in [0.1, 0.15) is 36.9 Å². The van der Waals surface area contributed by atoms with Gasteiger partial charge in [0.2, 0.25) is 11.8 Å². The largest absolute Gasteiger partial charge is 0.416 e. The molecule has 0 atom stereocenters. The van der Waals surface area contributed by atoms with Gasteiger partial charge in [-0.1, -0.05) is 24.6 Å². The molecule has 0 aliphatic heterocycles. The van der Waals surface area contributed by atoms with Crippen molar-refractivity contribution in [3.8, 4) is 0 Å². The van der Waals surface area contributed by atoms with E-state index < -0.39 is 17.6 Å². The van der Waals surface area contributed by atoms with Crippen LogP contribution in [0.25, 0.3) is 0 Å². The number of amides is 2. The number of hydrogen-bond acceptors (Lipinski definition) is 5. The van der Waals surface area contributed by atoms with Gasteiger partial charge < -0.3 is 20.3 Å². The van der Waals surface area contributed by atoms with Crippen LogP contribution in [0.5, 0.6) is 0 Å². The predicted molar refractivity (Wildman–Crippen MR) is 109 cm³/mol. The van der Waals surface area contributed by atoms with Crippen LogP contribution in [0, 0.1) is 0 Å². The molecule has 11 heteroatoms. The Morgan fingerprint density at radius 1 is 1.16 bits per heavy atom. The molecule has 2 amide bonds. The maximum absolute atomic E-state index is 12.6. The zero-order valence-corrected chi connectivity index (χ0v) is 17.4. The first kappa shape index (κ1) is 23.1. The van der Waals surface area contributed by atoms with Crippen molar-refractivity contribution in [1.82, 2.24) is 14.9 Å². The standard InChI is InChI=1S/C20H23F3N4O3S/c21-20(22,23)13-5-7-15(8-6-13)26-18(30)12-31-19-24-9-16(11-28)27(19)10-17(29)25-14-3-1-2-4-14/h5-9,14,28H,1-4,10-12H2,(H,25,29)(H,26,30). The summed E-state index contributed by atoms with van der Waals surface area (Å²) in [7, 11) is 0. The highest BCUT2D eigenvalue weighted by molar-refractivity contribution is 7.99. The molecule has 1 aromatic carbocycles. The molecule has 1 heterocycles. The number of benzene rings is 1. The van der Waals surface area contributed by atoms with Crippen LogP contribution >= 0.6 is 11.8 Å². The van der Waals surface area contributed by atoms with E-state index in [0.717, 1.165) is 49.6 Å². The molecule has 2 aromatic rings. The van der Waals surface area contributed by atoms with E-state index in [1.165, 1.54) is 18.3 Å². The smallest absolute Gasteiger partial charge is 0.390 e. The fourth-order valence-electron chi connectivity index (χ4n) is 3.36. The van der Waals surface area contributed by atoms with E-state index in [9.17, 15) is 27.9 Å². The van der Waals surface area contributed by atoms with Crippen molar-refractivity contribution in [3.05, 3.63) is 41.7 Å². The number of hydrogen-bond donors (Lipinski definition) is 3. The number of thioether (sulfide) groups is 1. The summed E-state index contributed by atoms with van der Waals surface area (Å²) < 4.78 is 39.4. The number of imidazole rings is 1. The summed E-state index contributed by atoms with van der Waals surface area (Å²) in [4.78, 5) is 28.7. The molecule has 1 fully saturated rings. The van der Waals surface area contributed by atoms with E-state index in [4.69, 9.17) is 0 Å². The van der Waals surface area contributed by atoms with Gasteiger partial charge in [0.15, 0.2) is 5.16 Å². The van der Waals surface area contributed by atoms with Crippen LogP contribution in [0.3, 0.4) is 0 Å². The maximum Gasteiger partial charge on any atom is 0.416 e. The second-order valence-electron chi connectivity index (χ2n) is 7.24. The first-order valence-electron chi connectivity index (χ1n) is 9.81. The molecule has 1 aliphatic rings. The molecule has 0 radical (unpaired) electrons. The number of nitrogens with zero attached hydrogens (tertiary/aromatic N) is 2. The van der Waals surface area contributed by atoms with Crippen LogP contribution in [-0.2, 0) is 28.9 Å². The number of anilines is 1. The number of alkyl halides is 3. The molecule has 0 saturated heterocycles. The monoisotopic (exact) mass is 456 g/mol. The average molecular weight is 456 g/mol.